The topological polar surface area (TPSA) is 74.0 Å². The van der Waals surface area contributed by atoms with Gasteiger partial charge in [-0.05, 0) is 24.1 Å². The zero-order valence-electron chi connectivity index (χ0n) is 11.2. The lowest BCUT2D eigenvalue weighted by molar-refractivity contribution is 0.0949. The van der Waals surface area contributed by atoms with Crippen molar-refractivity contribution in [3.8, 4) is 0 Å². The number of aromatic amines is 1. The Morgan fingerprint density at radius 3 is 2.75 bits per heavy atom. The summed E-state index contributed by atoms with van der Waals surface area (Å²) in [6.45, 7) is 4.10. The number of rotatable bonds is 5. The van der Waals surface area contributed by atoms with Crippen LogP contribution in [-0.4, -0.2) is 30.5 Å². The third kappa shape index (κ3) is 3.82. The van der Waals surface area contributed by atoms with Crippen molar-refractivity contribution in [1.29, 1.82) is 0 Å². The monoisotopic (exact) mass is 295 g/mol. The molecule has 0 bridgehead atoms. The fraction of sp³-hybridized carbons (Fsp3) is 0.286. The Balaban J connectivity index is 0.00000200. The fourth-order valence-corrected chi connectivity index (χ4v) is 1.87. The van der Waals surface area contributed by atoms with E-state index in [4.69, 9.17) is 0 Å². The molecule has 0 atom stereocenters. The van der Waals surface area contributed by atoms with Gasteiger partial charge in [-0.15, -0.1) is 12.4 Å². The highest BCUT2D eigenvalue weighted by Gasteiger charge is 2.08. The Kier molecular flexibility index (Phi) is 6.21. The zero-order valence-corrected chi connectivity index (χ0v) is 12.0. The van der Waals surface area contributed by atoms with Crippen molar-refractivity contribution < 1.29 is 4.79 Å². The molecule has 1 aromatic carbocycles. The van der Waals surface area contributed by atoms with Gasteiger partial charge in [0, 0.05) is 18.5 Å². The lowest BCUT2D eigenvalue weighted by atomic mass is 10.1. The molecule has 3 N–H and O–H groups in total. The van der Waals surface area contributed by atoms with Crippen LogP contribution in [0, 0.1) is 0 Å². The number of hydrogen-bond acceptors (Lipinski definition) is 3. The second kappa shape index (κ2) is 7.67. The Hall–Kier alpha value is -1.85. The Morgan fingerprint density at radius 2 is 2.00 bits per heavy atom. The number of fused-ring (bicyclic) bond motifs is 1. The average Bonchev–Trinajstić information content (AvgIpc) is 2.43. The van der Waals surface area contributed by atoms with Crippen molar-refractivity contribution in [1.82, 2.24) is 15.6 Å². The smallest absolute Gasteiger partial charge is 0.267 e. The van der Waals surface area contributed by atoms with E-state index in [0.717, 1.165) is 11.9 Å². The number of carbonyl (C=O) groups is 1. The number of likely N-dealkylation sites (N-methyl/N-ethyl adjacent to an activating group) is 1. The SMILES string of the molecule is CCNCCNC(=O)c1cc2ccccc2c(=O)[nH]1.Cl. The molecule has 1 amide bonds. The van der Waals surface area contributed by atoms with E-state index in [1.54, 1.807) is 18.2 Å². The van der Waals surface area contributed by atoms with Gasteiger partial charge in [-0.2, -0.15) is 0 Å². The number of benzene rings is 1. The predicted octanol–water partition coefficient (Wildman–Crippen LogP) is 1.29. The van der Waals surface area contributed by atoms with Gasteiger partial charge >= 0.3 is 0 Å². The fourth-order valence-electron chi connectivity index (χ4n) is 1.87. The van der Waals surface area contributed by atoms with Gasteiger partial charge < -0.3 is 15.6 Å². The van der Waals surface area contributed by atoms with Gasteiger partial charge in [0.25, 0.3) is 11.5 Å². The molecule has 0 spiro atoms. The minimum Gasteiger partial charge on any atom is -0.349 e. The first-order valence-electron chi connectivity index (χ1n) is 6.33. The highest BCUT2D eigenvalue weighted by Crippen LogP contribution is 2.09. The number of halogens is 1. The number of nitrogens with one attached hydrogen (secondary N) is 3. The van der Waals surface area contributed by atoms with E-state index >= 15 is 0 Å². The van der Waals surface area contributed by atoms with E-state index in [1.165, 1.54) is 0 Å². The number of amides is 1. The van der Waals surface area contributed by atoms with Crippen LogP contribution in [0.25, 0.3) is 10.8 Å². The molecule has 1 aromatic heterocycles. The van der Waals surface area contributed by atoms with E-state index in [2.05, 4.69) is 15.6 Å². The molecule has 20 heavy (non-hydrogen) atoms. The van der Waals surface area contributed by atoms with Crippen LogP contribution in [0.15, 0.2) is 35.1 Å². The Labute approximate surface area is 123 Å². The molecule has 2 aromatic rings. The summed E-state index contributed by atoms with van der Waals surface area (Å²) >= 11 is 0. The molecule has 0 radical (unpaired) electrons. The molecule has 0 unspecified atom stereocenters. The molecule has 5 nitrogen and oxygen atoms in total. The summed E-state index contributed by atoms with van der Waals surface area (Å²) in [5.74, 6) is -0.263. The van der Waals surface area contributed by atoms with Crippen LogP contribution in [0.5, 0.6) is 0 Å². The molecule has 0 aliphatic rings. The number of aromatic nitrogens is 1. The van der Waals surface area contributed by atoms with Gasteiger partial charge in [-0.3, -0.25) is 9.59 Å². The Bertz CT molecular complexity index is 640. The van der Waals surface area contributed by atoms with Gasteiger partial charge in [0.05, 0.1) is 0 Å². The maximum Gasteiger partial charge on any atom is 0.267 e. The number of hydrogen-bond donors (Lipinski definition) is 3. The van der Waals surface area contributed by atoms with Crippen molar-refractivity contribution >= 4 is 29.1 Å². The molecule has 1 heterocycles. The molecule has 0 fully saturated rings. The van der Waals surface area contributed by atoms with E-state index in [-0.39, 0.29) is 23.9 Å². The van der Waals surface area contributed by atoms with E-state index in [9.17, 15) is 9.59 Å². The van der Waals surface area contributed by atoms with Crippen LogP contribution in [0.1, 0.15) is 17.4 Å². The quantitative estimate of drug-likeness (QED) is 0.728. The standard InChI is InChI=1S/C14H17N3O2.ClH/c1-2-15-7-8-16-14(19)12-9-10-5-3-4-6-11(10)13(18)17-12;/h3-6,9,15H,2,7-8H2,1H3,(H,16,19)(H,17,18);1H. The van der Waals surface area contributed by atoms with E-state index in [1.807, 2.05) is 19.1 Å². The number of H-pyrrole nitrogens is 1. The third-order valence-electron chi connectivity index (χ3n) is 2.84. The summed E-state index contributed by atoms with van der Waals surface area (Å²) in [5.41, 5.74) is 0.0510. The molecule has 0 aliphatic heterocycles. The summed E-state index contributed by atoms with van der Waals surface area (Å²) in [4.78, 5) is 26.3. The second-order valence-electron chi connectivity index (χ2n) is 4.21. The van der Waals surface area contributed by atoms with Crippen LogP contribution in [0.3, 0.4) is 0 Å². The molecular weight excluding hydrogens is 278 g/mol. The minimum atomic E-state index is -0.263. The first-order valence-corrected chi connectivity index (χ1v) is 6.33. The van der Waals surface area contributed by atoms with Gasteiger partial charge in [0.15, 0.2) is 0 Å². The van der Waals surface area contributed by atoms with Gasteiger partial charge in [0.1, 0.15) is 5.69 Å². The Morgan fingerprint density at radius 1 is 1.25 bits per heavy atom. The van der Waals surface area contributed by atoms with Crippen molar-refractivity contribution in [3.63, 3.8) is 0 Å². The van der Waals surface area contributed by atoms with Crippen LogP contribution < -0.4 is 16.2 Å². The lowest BCUT2D eigenvalue weighted by Gasteiger charge is -2.06. The van der Waals surface area contributed by atoms with Crippen molar-refractivity contribution in [2.75, 3.05) is 19.6 Å². The highest BCUT2D eigenvalue weighted by molar-refractivity contribution is 5.96. The third-order valence-corrected chi connectivity index (χ3v) is 2.84. The van der Waals surface area contributed by atoms with Crippen LogP contribution in [0.4, 0.5) is 0 Å². The summed E-state index contributed by atoms with van der Waals surface area (Å²) in [6.07, 6.45) is 0. The molecule has 108 valence electrons. The van der Waals surface area contributed by atoms with Crippen LogP contribution >= 0.6 is 12.4 Å². The van der Waals surface area contributed by atoms with Gasteiger partial charge in [0.2, 0.25) is 0 Å². The maximum atomic E-state index is 11.9. The summed E-state index contributed by atoms with van der Waals surface area (Å²) in [6, 6.07) is 8.89. The predicted molar refractivity (Wildman–Crippen MR) is 82.7 cm³/mol. The molecule has 2 rings (SSSR count). The molecular formula is C14H18ClN3O2. The number of pyridine rings is 1. The van der Waals surface area contributed by atoms with Crippen molar-refractivity contribution in [3.05, 3.63) is 46.4 Å². The van der Waals surface area contributed by atoms with Crippen molar-refractivity contribution in [2.45, 2.75) is 6.92 Å². The normalized spacial score (nSPS) is 10.1. The summed E-state index contributed by atoms with van der Waals surface area (Å²) in [5, 5.41) is 7.22. The summed E-state index contributed by atoms with van der Waals surface area (Å²) in [7, 11) is 0. The van der Waals surface area contributed by atoms with Gasteiger partial charge in [-0.25, -0.2) is 0 Å². The van der Waals surface area contributed by atoms with E-state index < -0.39 is 0 Å². The maximum absolute atomic E-state index is 11.9. The second-order valence-corrected chi connectivity index (χ2v) is 4.21. The van der Waals surface area contributed by atoms with Gasteiger partial charge in [-0.1, -0.05) is 25.1 Å². The van der Waals surface area contributed by atoms with Crippen LogP contribution in [-0.2, 0) is 0 Å². The first-order chi connectivity index (χ1) is 9.22. The first kappa shape index (κ1) is 16.2. The van der Waals surface area contributed by atoms with Crippen LogP contribution in [0.2, 0.25) is 0 Å². The highest BCUT2D eigenvalue weighted by atomic mass is 35.5. The molecule has 6 heteroatoms. The molecule has 0 saturated carbocycles. The van der Waals surface area contributed by atoms with E-state index in [0.29, 0.717) is 24.2 Å². The summed E-state index contributed by atoms with van der Waals surface area (Å²) < 4.78 is 0. The average molecular weight is 296 g/mol. The molecule has 0 saturated heterocycles. The number of carbonyl (C=O) groups excluding carboxylic acids is 1. The zero-order chi connectivity index (χ0) is 13.7. The minimum absolute atomic E-state index is 0. The largest absolute Gasteiger partial charge is 0.349 e. The van der Waals surface area contributed by atoms with Crippen molar-refractivity contribution in [2.24, 2.45) is 0 Å². The molecule has 0 aliphatic carbocycles. The lowest BCUT2D eigenvalue weighted by Crippen LogP contribution is -2.33.